The Balaban J connectivity index is 1.48. The number of halogens is 1. The number of ether oxygens (including phenoxy) is 1. The van der Waals surface area contributed by atoms with Gasteiger partial charge in [-0.2, -0.15) is 0 Å². The van der Waals surface area contributed by atoms with E-state index < -0.39 is 0 Å². The van der Waals surface area contributed by atoms with Gasteiger partial charge in [0.15, 0.2) is 5.96 Å². The van der Waals surface area contributed by atoms with Crippen molar-refractivity contribution in [3.05, 3.63) is 54.0 Å². The Morgan fingerprint density at radius 2 is 2.30 bits per heavy atom. The van der Waals surface area contributed by atoms with Crippen LogP contribution in [0, 0.1) is 5.82 Å². The molecule has 1 atom stereocenters. The summed E-state index contributed by atoms with van der Waals surface area (Å²) in [5.74, 6) is 0.911. The molecular formula is C20H26FN5O. The minimum absolute atomic E-state index is 0.346. The van der Waals surface area contributed by atoms with Crippen molar-refractivity contribution in [2.45, 2.75) is 32.4 Å². The van der Waals surface area contributed by atoms with Gasteiger partial charge in [0, 0.05) is 30.9 Å². The number of rotatable bonds is 7. The normalized spacial score (nSPS) is 17.9. The number of hydrogen-bond donors (Lipinski definition) is 2. The van der Waals surface area contributed by atoms with Gasteiger partial charge >= 0.3 is 0 Å². The number of likely N-dealkylation sites (N-methyl/N-ethyl adjacent to an activating group) is 1. The maximum Gasteiger partial charge on any atom is 0.219 e. The molecule has 7 heteroatoms. The smallest absolute Gasteiger partial charge is 0.219 e. The van der Waals surface area contributed by atoms with Gasteiger partial charge in [-0.3, -0.25) is 4.90 Å². The first-order chi connectivity index (χ1) is 13.1. The van der Waals surface area contributed by atoms with Crippen molar-refractivity contribution in [2.75, 3.05) is 19.6 Å². The molecule has 3 N–H and O–H groups in total. The number of pyridine rings is 1. The lowest BCUT2D eigenvalue weighted by molar-refractivity contribution is 0.267. The molecule has 2 aromatic rings. The molecule has 0 saturated carbocycles. The standard InChI is InChI=1S/C20H26FN5O/c1-2-26-10-4-6-17(26)14-25-20(22)24-13-15-8-9-19(23-12-15)27-18-7-3-5-16(21)11-18/h3,5,7-9,11-12,17H,2,4,6,10,13-14H2,1H3,(H3,22,24,25). The molecule has 0 aliphatic carbocycles. The lowest BCUT2D eigenvalue weighted by Gasteiger charge is -2.23. The molecule has 1 aromatic heterocycles. The van der Waals surface area contributed by atoms with Crippen LogP contribution in [-0.4, -0.2) is 41.5 Å². The lowest BCUT2D eigenvalue weighted by atomic mass is 10.2. The lowest BCUT2D eigenvalue weighted by Crippen LogP contribution is -2.42. The number of likely N-dealkylation sites (tertiary alicyclic amines) is 1. The van der Waals surface area contributed by atoms with Gasteiger partial charge in [0.2, 0.25) is 5.88 Å². The van der Waals surface area contributed by atoms with Crippen LogP contribution in [-0.2, 0) is 6.54 Å². The third-order valence-electron chi connectivity index (χ3n) is 4.67. The van der Waals surface area contributed by atoms with Crippen LogP contribution >= 0.6 is 0 Å². The van der Waals surface area contributed by atoms with E-state index in [1.807, 2.05) is 6.07 Å². The predicted octanol–water partition coefficient (Wildman–Crippen LogP) is 2.90. The Morgan fingerprint density at radius 3 is 3.04 bits per heavy atom. The summed E-state index contributed by atoms with van der Waals surface area (Å²) in [6, 6.07) is 10.1. The van der Waals surface area contributed by atoms with E-state index in [1.165, 1.54) is 25.0 Å². The van der Waals surface area contributed by atoms with Gasteiger partial charge in [0.05, 0.1) is 6.54 Å². The highest BCUT2D eigenvalue weighted by molar-refractivity contribution is 5.77. The van der Waals surface area contributed by atoms with Gasteiger partial charge in [0.25, 0.3) is 0 Å². The zero-order valence-corrected chi connectivity index (χ0v) is 15.6. The third kappa shape index (κ3) is 5.65. The molecule has 0 radical (unpaired) electrons. The maximum absolute atomic E-state index is 13.2. The summed E-state index contributed by atoms with van der Waals surface area (Å²) < 4.78 is 18.7. The van der Waals surface area contributed by atoms with Crippen LogP contribution in [0.25, 0.3) is 0 Å². The Bertz CT molecular complexity index is 765. The second-order valence-electron chi connectivity index (χ2n) is 6.57. The second-order valence-corrected chi connectivity index (χ2v) is 6.57. The summed E-state index contributed by atoms with van der Waals surface area (Å²) in [6.45, 7) is 5.68. The average Bonchev–Trinajstić information content (AvgIpc) is 3.13. The van der Waals surface area contributed by atoms with Crippen molar-refractivity contribution in [1.29, 1.82) is 0 Å². The summed E-state index contributed by atoms with van der Waals surface area (Å²) >= 11 is 0. The SMILES string of the molecule is CCN1CCCC1CNC(N)=NCc1ccc(Oc2cccc(F)c2)nc1. The fourth-order valence-corrected chi connectivity index (χ4v) is 3.21. The molecule has 1 unspecified atom stereocenters. The molecule has 1 saturated heterocycles. The van der Waals surface area contributed by atoms with Gasteiger partial charge in [0.1, 0.15) is 11.6 Å². The van der Waals surface area contributed by atoms with Crippen molar-refractivity contribution in [3.63, 3.8) is 0 Å². The van der Waals surface area contributed by atoms with Gasteiger partial charge in [-0.25, -0.2) is 14.4 Å². The topological polar surface area (TPSA) is 75.8 Å². The number of nitrogens with one attached hydrogen (secondary N) is 1. The highest BCUT2D eigenvalue weighted by Crippen LogP contribution is 2.20. The number of guanidine groups is 1. The van der Waals surface area contributed by atoms with Crippen LogP contribution in [0.2, 0.25) is 0 Å². The fourth-order valence-electron chi connectivity index (χ4n) is 3.21. The molecule has 1 aliphatic heterocycles. The van der Waals surface area contributed by atoms with E-state index in [9.17, 15) is 4.39 Å². The number of hydrogen-bond acceptors (Lipinski definition) is 4. The Morgan fingerprint density at radius 1 is 1.41 bits per heavy atom. The largest absolute Gasteiger partial charge is 0.439 e. The summed E-state index contributed by atoms with van der Waals surface area (Å²) in [4.78, 5) is 11.1. The van der Waals surface area contributed by atoms with Gasteiger partial charge < -0.3 is 15.8 Å². The number of benzene rings is 1. The molecule has 6 nitrogen and oxygen atoms in total. The number of aliphatic imine (C=N–C) groups is 1. The van der Waals surface area contributed by atoms with E-state index in [-0.39, 0.29) is 5.82 Å². The predicted molar refractivity (Wildman–Crippen MR) is 104 cm³/mol. The molecule has 27 heavy (non-hydrogen) atoms. The van der Waals surface area contributed by atoms with E-state index in [1.54, 1.807) is 24.4 Å². The Kier molecular flexibility index (Phi) is 6.59. The van der Waals surface area contributed by atoms with E-state index in [2.05, 4.69) is 27.1 Å². The van der Waals surface area contributed by atoms with Crippen LogP contribution < -0.4 is 15.8 Å². The molecular weight excluding hydrogens is 345 g/mol. The third-order valence-corrected chi connectivity index (χ3v) is 4.67. The molecule has 144 valence electrons. The number of nitrogens with two attached hydrogens (primary N) is 1. The Hall–Kier alpha value is -2.67. The van der Waals surface area contributed by atoms with Crippen LogP contribution in [0.1, 0.15) is 25.3 Å². The highest BCUT2D eigenvalue weighted by atomic mass is 19.1. The van der Waals surface area contributed by atoms with Gasteiger partial charge in [-0.05, 0) is 43.6 Å². The van der Waals surface area contributed by atoms with E-state index in [0.29, 0.717) is 30.2 Å². The first kappa shape index (κ1) is 19.1. The van der Waals surface area contributed by atoms with Gasteiger partial charge in [-0.15, -0.1) is 0 Å². The Labute approximate surface area is 159 Å². The zero-order valence-electron chi connectivity index (χ0n) is 15.6. The zero-order chi connectivity index (χ0) is 19.1. The quantitative estimate of drug-likeness (QED) is 0.578. The van der Waals surface area contributed by atoms with E-state index >= 15 is 0 Å². The van der Waals surface area contributed by atoms with Crippen molar-refractivity contribution in [1.82, 2.24) is 15.2 Å². The highest BCUT2D eigenvalue weighted by Gasteiger charge is 2.22. The number of aromatic nitrogens is 1. The summed E-state index contributed by atoms with van der Waals surface area (Å²) in [6.07, 6.45) is 4.12. The van der Waals surface area contributed by atoms with Crippen molar-refractivity contribution in [3.8, 4) is 11.6 Å². The van der Waals surface area contributed by atoms with Crippen LogP contribution in [0.4, 0.5) is 4.39 Å². The molecule has 1 aliphatic rings. The molecule has 0 amide bonds. The fraction of sp³-hybridized carbons (Fsp3) is 0.400. The minimum atomic E-state index is -0.346. The van der Waals surface area contributed by atoms with E-state index in [0.717, 1.165) is 25.2 Å². The molecule has 1 aromatic carbocycles. The van der Waals surface area contributed by atoms with E-state index in [4.69, 9.17) is 10.5 Å². The summed E-state index contributed by atoms with van der Waals surface area (Å²) in [7, 11) is 0. The summed E-state index contributed by atoms with van der Waals surface area (Å²) in [5.41, 5.74) is 6.89. The van der Waals surface area contributed by atoms with Crippen LogP contribution in [0.5, 0.6) is 11.6 Å². The molecule has 1 fully saturated rings. The minimum Gasteiger partial charge on any atom is -0.439 e. The molecule has 2 heterocycles. The monoisotopic (exact) mass is 371 g/mol. The average molecular weight is 371 g/mol. The first-order valence-corrected chi connectivity index (χ1v) is 9.30. The first-order valence-electron chi connectivity index (χ1n) is 9.30. The van der Waals surface area contributed by atoms with Crippen molar-refractivity contribution >= 4 is 5.96 Å². The summed E-state index contributed by atoms with van der Waals surface area (Å²) in [5, 5.41) is 3.21. The van der Waals surface area contributed by atoms with Crippen molar-refractivity contribution < 1.29 is 9.13 Å². The van der Waals surface area contributed by atoms with Crippen molar-refractivity contribution in [2.24, 2.45) is 10.7 Å². The second kappa shape index (κ2) is 9.32. The maximum atomic E-state index is 13.2. The molecule has 0 bridgehead atoms. The molecule has 3 rings (SSSR count). The van der Waals surface area contributed by atoms with Gasteiger partial charge in [-0.1, -0.05) is 19.1 Å². The van der Waals surface area contributed by atoms with Crippen LogP contribution in [0.15, 0.2) is 47.6 Å². The van der Waals surface area contributed by atoms with Crippen LogP contribution in [0.3, 0.4) is 0 Å². The molecule has 0 spiro atoms. The number of nitrogens with zero attached hydrogens (tertiary/aromatic N) is 3.